The SMILES string of the molecule is CCCNC(c1ccoc1)C1CCOC2(CCCCC2)C1. The first-order chi connectivity index (χ1) is 10.3. The van der Waals surface area contributed by atoms with Gasteiger partial charge in [0.2, 0.25) is 0 Å². The molecule has 1 aliphatic carbocycles. The third-order valence-corrected chi connectivity index (χ3v) is 5.28. The van der Waals surface area contributed by atoms with Gasteiger partial charge in [-0.1, -0.05) is 26.2 Å². The Kier molecular flexibility index (Phi) is 5.02. The second-order valence-corrected chi connectivity index (χ2v) is 6.83. The summed E-state index contributed by atoms with van der Waals surface area (Å²) in [5.41, 5.74) is 1.48. The summed E-state index contributed by atoms with van der Waals surface area (Å²) in [4.78, 5) is 0. The maximum atomic E-state index is 6.26. The lowest BCUT2D eigenvalue weighted by molar-refractivity contribution is -0.122. The molecule has 1 aliphatic heterocycles. The molecule has 1 saturated carbocycles. The molecule has 3 heteroatoms. The molecule has 2 atom stereocenters. The fraction of sp³-hybridized carbons (Fsp3) is 0.778. The molecular formula is C18H29NO2. The van der Waals surface area contributed by atoms with Crippen molar-refractivity contribution in [1.29, 1.82) is 0 Å². The summed E-state index contributed by atoms with van der Waals surface area (Å²) in [6.07, 6.45) is 13.8. The summed E-state index contributed by atoms with van der Waals surface area (Å²) in [7, 11) is 0. The highest BCUT2D eigenvalue weighted by molar-refractivity contribution is 5.14. The van der Waals surface area contributed by atoms with Gasteiger partial charge in [0.25, 0.3) is 0 Å². The minimum Gasteiger partial charge on any atom is -0.472 e. The predicted molar refractivity (Wildman–Crippen MR) is 84.2 cm³/mol. The fourth-order valence-electron chi connectivity index (χ4n) is 4.20. The monoisotopic (exact) mass is 291 g/mol. The van der Waals surface area contributed by atoms with Crippen LogP contribution in [0.2, 0.25) is 0 Å². The highest BCUT2D eigenvalue weighted by atomic mass is 16.5. The number of hydrogen-bond acceptors (Lipinski definition) is 3. The first kappa shape index (κ1) is 15.1. The van der Waals surface area contributed by atoms with Crippen LogP contribution >= 0.6 is 0 Å². The molecule has 1 aromatic heterocycles. The summed E-state index contributed by atoms with van der Waals surface area (Å²) in [6.45, 7) is 4.22. The van der Waals surface area contributed by atoms with Gasteiger partial charge in [0.1, 0.15) is 0 Å². The normalized spacial score (nSPS) is 26.8. The van der Waals surface area contributed by atoms with Crippen LogP contribution < -0.4 is 5.32 Å². The van der Waals surface area contributed by atoms with Gasteiger partial charge >= 0.3 is 0 Å². The molecule has 1 saturated heterocycles. The van der Waals surface area contributed by atoms with E-state index in [0.717, 1.165) is 19.6 Å². The predicted octanol–water partition coefficient (Wildman–Crippen LogP) is 4.45. The van der Waals surface area contributed by atoms with Crippen LogP contribution in [0.15, 0.2) is 23.0 Å². The first-order valence-corrected chi connectivity index (χ1v) is 8.72. The smallest absolute Gasteiger partial charge is 0.0950 e. The van der Waals surface area contributed by atoms with E-state index in [1.54, 1.807) is 6.26 Å². The Labute approximate surface area is 128 Å². The van der Waals surface area contributed by atoms with Crippen molar-refractivity contribution in [3.63, 3.8) is 0 Å². The highest BCUT2D eigenvalue weighted by Gasteiger charge is 2.41. The van der Waals surface area contributed by atoms with E-state index < -0.39 is 0 Å². The molecule has 2 unspecified atom stereocenters. The van der Waals surface area contributed by atoms with Gasteiger partial charge in [-0.05, 0) is 50.6 Å². The lowest BCUT2D eigenvalue weighted by Gasteiger charge is -2.45. The van der Waals surface area contributed by atoms with E-state index in [1.807, 2.05) is 6.26 Å². The number of rotatable bonds is 5. The Hall–Kier alpha value is -0.800. The van der Waals surface area contributed by atoms with Crippen LogP contribution in [0, 0.1) is 5.92 Å². The molecule has 2 aliphatic rings. The quantitative estimate of drug-likeness (QED) is 0.870. The Bertz CT molecular complexity index is 403. The van der Waals surface area contributed by atoms with Crippen molar-refractivity contribution in [2.24, 2.45) is 5.92 Å². The standard InChI is InChI=1S/C18H29NO2/c1-2-10-19-17(16-6-11-20-14-16)15-7-12-21-18(13-15)8-4-3-5-9-18/h6,11,14-15,17,19H,2-5,7-10,12-13H2,1H3. The second-order valence-electron chi connectivity index (χ2n) is 6.83. The van der Waals surface area contributed by atoms with Gasteiger partial charge in [-0.15, -0.1) is 0 Å². The molecule has 0 radical (unpaired) electrons. The Morgan fingerprint density at radius 3 is 2.90 bits per heavy atom. The summed E-state index contributed by atoms with van der Waals surface area (Å²) in [5.74, 6) is 0.668. The first-order valence-electron chi connectivity index (χ1n) is 8.72. The van der Waals surface area contributed by atoms with E-state index in [4.69, 9.17) is 9.15 Å². The summed E-state index contributed by atoms with van der Waals surface area (Å²) < 4.78 is 11.6. The Morgan fingerprint density at radius 1 is 1.33 bits per heavy atom. The number of nitrogens with one attached hydrogen (secondary N) is 1. The molecule has 21 heavy (non-hydrogen) atoms. The molecule has 0 aromatic carbocycles. The van der Waals surface area contributed by atoms with Crippen molar-refractivity contribution >= 4 is 0 Å². The van der Waals surface area contributed by atoms with Gasteiger partial charge in [-0.25, -0.2) is 0 Å². The van der Waals surface area contributed by atoms with Gasteiger partial charge in [0.05, 0.1) is 18.1 Å². The van der Waals surface area contributed by atoms with Gasteiger partial charge < -0.3 is 14.5 Å². The van der Waals surface area contributed by atoms with Crippen LogP contribution in [0.25, 0.3) is 0 Å². The largest absolute Gasteiger partial charge is 0.472 e. The minimum atomic E-state index is 0.178. The third-order valence-electron chi connectivity index (χ3n) is 5.28. The van der Waals surface area contributed by atoms with Gasteiger partial charge in [0.15, 0.2) is 0 Å². The van der Waals surface area contributed by atoms with Crippen molar-refractivity contribution in [1.82, 2.24) is 5.32 Å². The van der Waals surface area contributed by atoms with Crippen LogP contribution in [0.5, 0.6) is 0 Å². The highest BCUT2D eigenvalue weighted by Crippen LogP contribution is 2.44. The molecule has 3 nitrogen and oxygen atoms in total. The lowest BCUT2D eigenvalue weighted by atomic mass is 9.73. The fourth-order valence-corrected chi connectivity index (χ4v) is 4.20. The van der Waals surface area contributed by atoms with Crippen LogP contribution in [-0.4, -0.2) is 18.8 Å². The molecule has 3 rings (SSSR count). The van der Waals surface area contributed by atoms with Gasteiger partial charge in [0, 0.05) is 18.2 Å². The molecule has 1 N–H and O–H groups in total. The number of ether oxygens (including phenoxy) is 1. The van der Waals surface area contributed by atoms with E-state index in [2.05, 4.69) is 18.3 Å². The molecule has 0 bridgehead atoms. The molecule has 1 spiro atoms. The van der Waals surface area contributed by atoms with E-state index in [1.165, 1.54) is 50.5 Å². The Balaban J connectivity index is 1.72. The summed E-state index contributed by atoms with van der Waals surface area (Å²) >= 11 is 0. The van der Waals surface area contributed by atoms with Crippen LogP contribution in [0.4, 0.5) is 0 Å². The average molecular weight is 291 g/mol. The number of hydrogen-bond donors (Lipinski definition) is 1. The second kappa shape index (κ2) is 6.97. The van der Waals surface area contributed by atoms with Gasteiger partial charge in [-0.2, -0.15) is 0 Å². The van der Waals surface area contributed by atoms with Crippen LogP contribution in [0.1, 0.15) is 69.9 Å². The molecule has 118 valence electrons. The van der Waals surface area contributed by atoms with Crippen molar-refractivity contribution < 1.29 is 9.15 Å². The maximum absolute atomic E-state index is 6.26. The minimum absolute atomic E-state index is 0.178. The zero-order valence-electron chi connectivity index (χ0n) is 13.3. The van der Waals surface area contributed by atoms with E-state index in [0.29, 0.717) is 12.0 Å². The average Bonchev–Trinajstić information content (AvgIpc) is 3.03. The van der Waals surface area contributed by atoms with E-state index >= 15 is 0 Å². The van der Waals surface area contributed by atoms with Crippen molar-refractivity contribution in [2.75, 3.05) is 13.2 Å². The number of furan rings is 1. The maximum Gasteiger partial charge on any atom is 0.0950 e. The van der Waals surface area contributed by atoms with Crippen molar-refractivity contribution in [3.8, 4) is 0 Å². The van der Waals surface area contributed by atoms with Crippen molar-refractivity contribution in [3.05, 3.63) is 24.2 Å². The van der Waals surface area contributed by atoms with Crippen LogP contribution in [-0.2, 0) is 4.74 Å². The Morgan fingerprint density at radius 2 is 2.19 bits per heavy atom. The molecule has 1 aromatic rings. The van der Waals surface area contributed by atoms with E-state index in [9.17, 15) is 0 Å². The molecule has 2 heterocycles. The summed E-state index contributed by atoms with van der Waals surface area (Å²) in [5, 5.41) is 3.75. The lowest BCUT2D eigenvalue weighted by Crippen LogP contribution is -2.44. The molecule has 2 fully saturated rings. The molecule has 0 amide bonds. The zero-order valence-corrected chi connectivity index (χ0v) is 13.3. The van der Waals surface area contributed by atoms with E-state index in [-0.39, 0.29) is 5.60 Å². The van der Waals surface area contributed by atoms with Crippen LogP contribution in [0.3, 0.4) is 0 Å². The topological polar surface area (TPSA) is 34.4 Å². The summed E-state index contributed by atoms with van der Waals surface area (Å²) in [6, 6.07) is 2.54. The molecular weight excluding hydrogens is 262 g/mol. The zero-order chi connectivity index (χ0) is 14.5. The van der Waals surface area contributed by atoms with Gasteiger partial charge in [-0.3, -0.25) is 0 Å². The third kappa shape index (κ3) is 3.51. The van der Waals surface area contributed by atoms with Crippen molar-refractivity contribution in [2.45, 2.75) is 69.9 Å².